The minimum absolute atomic E-state index is 0.0120. The number of hydrogen-bond acceptors (Lipinski definition) is 5. The van der Waals surface area contributed by atoms with Crippen LogP contribution in [-0.2, 0) is 27.4 Å². The predicted molar refractivity (Wildman–Crippen MR) is 99.8 cm³/mol. The summed E-state index contributed by atoms with van der Waals surface area (Å²) in [6, 6.07) is 12.2. The molecule has 2 amide bonds. The first-order valence-electron chi connectivity index (χ1n) is 8.75. The number of nitrogens with one attached hydrogen (secondary N) is 2. The molecule has 7 nitrogen and oxygen atoms in total. The van der Waals surface area contributed by atoms with Gasteiger partial charge < -0.3 is 24.5 Å². The smallest absolute Gasteiger partial charge is 0.408 e. The molecule has 1 heterocycles. The topological polar surface area (TPSA) is 89.8 Å². The molecule has 0 aliphatic carbocycles. The lowest BCUT2D eigenvalue weighted by Crippen LogP contribution is -2.50. The Balaban J connectivity index is 1.91. The number of carbonyl (C=O) groups excluding carboxylic acids is 2. The van der Waals surface area contributed by atoms with Crippen LogP contribution < -0.4 is 10.6 Å². The lowest BCUT2D eigenvalue weighted by molar-refractivity contribution is -0.125. The highest BCUT2D eigenvalue weighted by atomic mass is 16.6. The Kier molecular flexibility index (Phi) is 7.43. The van der Waals surface area contributed by atoms with Crippen LogP contribution in [0.4, 0.5) is 4.79 Å². The van der Waals surface area contributed by atoms with Crippen LogP contribution in [0.2, 0.25) is 0 Å². The van der Waals surface area contributed by atoms with Crippen LogP contribution in [-0.4, -0.2) is 30.3 Å². The van der Waals surface area contributed by atoms with Crippen LogP contribution in [0.25, 0.3) is 0 Å². The molecule has 27 heavy (non-hydrogen) atoms. The number of ether oxygens (including phenoxy) is 2. The number of benzene rings is 1. The Morgan fingerprint density at radius 3 is 2.48 bits per heavy atom. The van der Waals surface area contributed by atoms with E-state index in [1.807, 2.05) is 30.3 Å². The molecule has 0 saturated carbocycles. The monoisotopic (exact) mass is 374 g/mol. The zero-order chi connectivity index (χ0) is 19.7. The van der Waals surface area contributed by atoms with Crippen molar-refractivity contribution in [1.29, 1.82) is 0 Å². The van der Waals surface area contributed by atoms with Gasteiger partial charge in [-0.3, -0.25) is 4.79 Å². The van der Waals surface area contributed by atoms with Crippen molar-refractivity contribution in [2.24, 2.45) is 0 Å². The highest BCUT2D eigenvalue weighted by molar-refractivity contribution is 5.85. The molecule has 0 bridgehead atoms. The molecule has 1 aromatic carbocycles. The SMILES string of the molecule is CC(C)(C)OC(=O)N[C@@H](COCc1ccccc1)C(=O)NCc1ccco1. The van der Waals surface area contributed by atoms with Gasteiger partial charge in [-0.05, 0) is 38.5 Å². The Morgan fingerprint density at radius 1 is 1.11 bits per heavy atom. The average Bonchev–Trinajstić information content (AvgIpc) is 3.11. The summed E-state index contributed by atoms with van der Waals surface area (Å²) in [6.07, 6.45) is 0.852. The molecule has 0 aliphatic rings. The van der Waals surface area contributed by atoms with Gasteiger partial charge in [-0.1, -0.05) is 30.3 Å². The van der Waals surface area contributed by atoms with Gasteiger partial charge in [0.15, 0.2) is 0 Å². The van der Waals surface area contributed by atoms with Gasteiger partial charge in [-0.2, -0.15) is 0 Å². The predicted octanol–water partition coefficient (Wildman–Crippen LogP) is 3.01. The summed E-state index contributed by atoms with van der Waals surface area (Å²) in [5.74, 6) is 0.231. The van der Waals surface area contributed by atoms with Crippen molar-refractivity contribution in [3.8, 4) is 0 Å². The Labute approximate surface area is 159 Å². The zero-order valence-electron chi connectivity index (χ0n) is 15.9. The van der Waals surface area contributed by atoms with E-state index in [1.165, 1.54) is 6.26 Å². The van der Waals surface area contributed by atoms with Gasteiger partial charge >= 0.3 is 6.09 Å². The first kappa shape index (κ1) is 20.5. The molecular weight excluding hydrogens is 348 g/mol. The molecule has 2 rings (SSSR count). The van der Waals surface area contributed by atoms with Gasteiger partial charge in [0.1, 0.15) is 17.4 Å². The normalized spacial score (nSPS) is 12.3. The van der Waals surface area contributed by atoms with Gasteiger partial charge in [0.05, 0.1) is 26.0 Å². The second kappa shape index (κ2) is 9.78. The first-order chi connectivity index (χ1) is 12.8. The minimum atomic E-state index is -0.890. The second-order valence-electron chi connectivity index (χ2n) is 7.00. The van der Waals surface area contributed by atoms with Crippen molar-refractivity contribution in [2.75, 3.05) is 6.61 Å². The maximum absolute atomic E-state index is 12.5. The van der Waals surface area contributed by atoms with Crippen LogP contribution in [0, 0.1) is 0 Å². The highest BCUT2D eigenvalue weighted by Crippen LogP contribution is 2.07. The summed E-state index contributed by atoms with van der Waals surface area (Å²) in [4.78, 5) is 24.5. The van der Waals surface area contributed by atoms with E-state index < -0.39 is 17.7 Å². The third-order valence-electron chi connectivity index (χ3n) is 3.42. The fourth-order valence-corrected chi connectivity index (χ4v) is 2.21. The molecule has 0 spiro atoms. The van der Waals surface area contributed by atoms with Crippen molar-refractivity contribution in [1.82, 2.24) is 10.6 Å². The quantitative estimate of drug-likeness (QED) is 0.741. The van der Waals surface area contributed by atoms with Crippen molar-refractivity contribution >= 4 is 12.0 Å². The third-order valence-corrected chi connectivity index (χ3v) is 3.42. The van der Waals surface area contributed by atoms with E-state index in [0.717, 1.165) is 5.56 Å². The van der Waals surface area contributed by atoms with Crippen molar-refractivity contribution in [2.45, 2.75) is 45.6 Å². The summed E-state index contributed by atoms with van der Waals surface area (Å²) in [6.45, 7) is 5.83. The van der Waals surface area contributed by atoms with E-state index in [-0.39, 0.29) is 19.1 Å². The van der Waals surface area contributed by atoms with Crippen molar-refractivity contribution in [3.05, 3.63) is 60.1 Å². The van der Waals surface area contributed by atoms with E-state index >= 15 is 0 Å². The second-order valence-corrected chi connectivity index (χ2v) is 7.00. The van der Waals surface area contributed by atoms with Gasteiger partial charge in [0.25, 0.3) is 0 Å². The summed E-state index contributed by atoms with van der Waals surface area (Å²) in [5.41, 5.74) is 0.314. The van der Waals surface area contributed by atoms with Gasteiger partial charge in [0.2, 0.25) is 5.91 Å². The molecule has 0 saturated heterocycles. The molecule has 1 aromatic heterocycles. The van der Waals surface area contributed by atoms with Crippen LogP contribution in [0.5, 0.6) is 0 Å². The lowest BCUT2D eigenvalue weighted by atomic mass is 10.2. The summed E-state index contributed by atoms with van der Waals surface area (Å²) < 4.78 is 16.0. The number of hydrogen-bond donors (Lipinski definition) is 2. The maximum atomic E-state index is 12.5. The Bertz CT molecular complexity index is 708. The van der Waals surface area contributed by atoms with E-state index in [2.05, 4.69) is 10.6 Å². The summed E-state index contributed by atoms with van der Waals surface area (Å²) in [5, 5.41) is 5.28. The van der Waals surface area contributed by atoms with E-state index in [0.29, 0.717) is 12.4 Å². The Hall–Kier alpha value is -2.80. The van der Waals surface area contributed by atoms with Crippen molar-refractivity contribution in [3.63, 3.8) is 0 Å². The van der Waals surface area contributed by atoms with Gasteiger partial charge in [0, 0.05) is 0 Å². The van der Waals surface area contributed by atoms with Crippen LogP contribution >= 0.6 is 0 Å². The molecule has 2 N–H and O–H groups in total. The molecule has 2 aromatic rings. The minimum Gasteiger partial charge on any atom is -0.467 e. The molecular formula is C20H26N2O5. The molecule has 146 valence electrons. The number of alkyl carbamates (subject to hydrolysis) is 1. The maximum Gasteiger partial charge on any atom is 0.408 e. The third kappa shape index (κ3) is 7.96. The van der Waals surface area contributed by atoms with Crippen LogP contribution in [0.15, 0.2) is 53.1 Å². The van der Waals surface area contributed by atoms with Crippen LogP contribution in [0.1, 0.15) is 32.1 Å². The fourth-order valence-electron chi connectivity index (χ4n) is 2.21. The molecule has 0 aliphatic heterocycles. The first-order valence-corrected chi connectivity index (χ1v) is 8.75. The number of rotatable bonds is 8. The zero-order valence-corrected chi connectivity index (χ0v) is 15.9. The summed E-state index contributed by atoms with van der Waals surface area (Å²) >= 11 is 0. The molecule has 0 fully saturated rings. The van der Waals surface area contributed by atoms with E-state index in [4.69, 9.17) is 13.9 Å². The Morgan fingerprint density at radius 2 is 1.85 bits per heavy atom. The van der Waals surface area contributed by atoms with Gasteiger partial charge in [-0.15, -0.1) is 0 Å². The largest absolute Gasteiger partial charge is 0.467 e. The fraction of sp³-hybridized carbons (Fsp3) is 0.400. The molecule has 1 atom stereocenters. The molecule has 0 unspecified atom stereocenters. The average molecular weight is 374 g/mol. The number of carbonyl (C=O) groups is 2. The van der Waals surface area contributed by atoms with Crippen LogP contribution in [0.3, 0.4) is 0 Å². The van der Waals surface area contributed by atoms with E-state index in [9.17, 15) is 9.59 Å². The standard InChI is InChI=1S/C20H26N2O5/c1-20(2,3)27-19(24)22-17(14-25-13-15-8-5-4-6-9-15)18(23)21-12-16-10-7-11-26-16/h4-11,17H,12-14H2,1-3H3,(H,21,23)(H,22,24)/t17-/m0/s1. The van der Waals surface area contributed by atoms with Gasteiger partial charge in [-0.25, -0.2) is 4.79 Å². The number of amides is 2. The highest BCUT2D eigenvalue weighted by Gasteiger charge is 2.24. The van der Waals surface area contributed by atoms with Crippen molar-refractivity contribution < 1.29 is 23.5 Å². The number of furan rings is 1. The molecule has 0 radical (unpaired) electrons. The van der Waals surface area contributed by atoms with E-state index in [1.54, 1.807) is 32.9 Å². The lowest BCUT2D eigenvalue weighted by Gasteiger charge is -2.23. The molecule has 7 heteroatoms. The summed E-state index contributed by atoms with van der Waals surface area (Å²) in [7, 11) is 0.